The topological polar surface area (TPSA) is 55.6 Å². The van der Waals surface area contributed by atoms with Crippen molar-refractivity contribution in [1.29, 1.82) is 0 Å². The molecule has 0 spiro atoms. The van der Waals surface area contributed by atoms with E-state index >= 15 is 0 Å². The van der Waals surface area contributed by atoms with Gasteiger partial charge in [0.2, 0.25) is 0 Å². The number of aromatic nitrogens is 4. The molecule has 1 rings (SSSR count). The van der Waals surface area contributed by atoms with Gasteiger partial charge in [-0.3, -0.25) is 0 Å². The summed E-state index contributed by atoms with van der Waals surface area (Å²) in [6, 6.07) is 0. The van der Waals surface area contributed by atoms with Crippen molar-refractivity contribution in [3.8, 4) is 0 Å². The summed E-state index contributed by atoms with van der Waals surface area (Å²) < 4.78 is 37.5. The number of tetrazole rings is 1. The van der Waals surface area contributed by atoms with Crippen molar-refractivity contribution in [3.63, 3.8) is 0 Å². The third kappa shape index (κ3) is 5.95. The highest BCUT2D eigenvalue weighted by Crippen LogP contribution is 2.21. The molecular formula is C10H18F3N5. The highest BCUT2D eigenvalue weighted by atomic mass is 19.4. The maximum atomic E-state index is 12.0. The molecule has 1 heterocycles. The van der Waals surface area contributed by atoms with E-state index in [1.165, 1.54) is 4.68 Å². The number of hydrogen-bond donors (Lipinski definition) is 1. The van der Waals surface area contributed by atoms with Gasteiger partial charge < -0.3 is 5.32 Å². The van der Waals surface area contributed by atoms with E-state index in [0.29, 0.717) is 12.4 Å². The van der Waals surface area contributed by atoms with Crippen LogP contribution >= 0.6 is 0 Å². The smallest absolute Gasteiger partial charge is 0.305 e. The Bertz CT molecular complexity index is 366. The van der Waals surface area contributed by atoms with E-state index < -0.39 is 12.6 Å². The van der Waals surface area contributed by atoms with Crippen LogP contribution in [-0.4, -0.2) is 31.9 Å². The molecule has 0 saturated carbocycles. The highest BCUT2D eigenvalue weighted by molar-refractivity contribution is 4.83. The second-order valence-corrected chi connectivity index (χ2v) is 5.14. The Morgan fingerprint density at radius 1 is 1.22 bits per heavy atom. The average Bonchev–Trinajstić information content (AvgIpc) is 2.59. The van der Waals surface area contributed by atoms with Crippen LogP contribution in [0.3, 0.4) is 0 Å². The number of alkyl halides is 3. The zero-order chi connectivity index (χ0) is 13.8. The van der Waals surface area contributed by atoms with Gasteiger partial charge in [-0.05, 0) is 37.6 Å². The van der Waals surface area contributed by atoms with Crippen molar-refractivity contribution in [2.75, 3.05) is 0 Å². The summed E-state index contributed by atoms with van der Waals surface area (Å²) in [5, 5.41) is 14.1. The van der Waals surface area contributed by atoms with Gasteiger partial charge >= 0.3 is 6.18 Å². The molecule has 0 aliphatic carbocycles. The quantitative estimate of drug-likeness (QED) is 0.883. The van der Waals surface area contributed by atoms with Gasteiger partial charge in [-0.1, -0.05) is 0 Å². The lowest BCUT2D eigenvalue weighted by Gasteiger charge is -2.19. The first-order valence-corrected chi connectivity index (χ1v) is 5.74. The first kappa shape index (κ1) is 14.9. The van der Waals surface area contributed by atoms with Crippen molar-refractivity contribution in [2.45, 2.75) is 58.4 Å². The number of halogens is 3. The van der Waals surface area contributed by atoms with Crippen LogP contribution in [0.2, 0.25) is 0 Å². The molecule has 8 heteroatoms. The molecule has 0 unspecified atom stereocenters. The van der Waals surface area contributed by atoms with Gasteiger partial charge in [-0.2, -0.15) is 13.2 Å². The molecule has 0 aliphatic rings. The number of nitrogens with zero attached hydrogens (tertiary/aromatic N) is 4. The van der Waals surface area contributed by atoms with Gasteiger partial charge in [0.15, 0.2) is 5.82 Å². The van der Waals surface area contributed by atoms with Crippen molar-refractivity contribution < 1.29 is 13.2 Å². The molecule has 18 heavy (non-hydrogen) atoms. The number of nitrogens with one attached hydrogen (secondary N) is 1. The van der Waals surface area contributed by atoms with Gasteiger partial charge in [0, 0.05) is 18.5 Å². The van der Waals surface area contributed by atoms with E-state index in [1.807, 2.05) is 20.8 Å². The largest absolute Gasteiger partial charge is 0.389 e. The van der Waals surface area contributed by atoms with Crippen LogP contribution in [0.4, 0.5) is 13.2 Å². The molecule has 0 amide bonds. The monoisotopic (exact) mass is 265 g/mol. The van der Waals surface area contributed by atoms with Crippen LogP contribution in [0, 0.1) is 0 Å². The lowest BCUT2D eigenvalue weighted by atomic mass is 10.1. The standard InChI is InChI=1S/C10H18F3N5/c1-9(2,3)14-7-8-15-16-17-18(8)6-4-5-10(11,12)13/h14H,4-7H2,1-3H3. The first-order valence-electron chi connectivity index (χ1n) is 5.74. The summed E-state index contributed by atoms with van der Waals surface area (Å²) >= 11 is 0. The van der Waals surface area contributed by atoms with Crippen molar-refractivity contribution >= 4 is 0 Å². The predicted molar refractivity (Wildman–Crippen MR) is 59.7 cm³/mol. The van der Waals surface area contributed by atoms with E-state index in [1.54, 1.807) is 0 Å². The zero-order valence-electron chi connectivity index (χ0n) is 10.8. The summed E-state index contributed by atoms with van der Waals surface area (Å²) in [5.74, 6) is 0.548. The van der Waals surface area contributed by atoms with E-state index in [4.69, 9.17) is 0 Å². The molecule has 0 fully saturated rings. The van der Waals surface area contributed by atoms with E-state index in [2.05, 4.69) is 20.8 Å². The minimum atomic E-state index is -4.13. The van der Waals surface area contributed by atoms with Crippen LogP contribution in [0.15, 0.2) is 0 Å². The van der Waals surface area contributed by atoms with Crippen molar-refractivity contribution in [3.05, 3.63) is 5.82 Å². The van der Waals surface area contributed by atoms with E-state index in [0.717, 1.165) is 0 Å². The molecule has 0 atom stereocenters. The Morgan fingerprint density at radius 2 is 1.89 bits per heavy atom. The summed E-state index contributed by atoms with van der Waals surface area (Å²) in [7, 11) is 0. The fourth-order valence-electron chi connectivity index (χ4n) is 1.30. The molecule has 0 radical (unpaired) electrons. The van der Waals surface area contributed by atoms with Crippen molar-refractivity contribution in [2.24, 2.45) is 0 Å². The molecule has 0 aromatic carbocycles. The predicted octanol–water partition coefficient (Wildman–Crippen LogP) is 1.90. The minimum Gasteiger partial charge on any atom is -0.305 e. The van der Waals surface area contributed by atoms with Crippen LogP contribution in [0.1, 0.15) is 39.4 Å². The van der Waals surface area contributed by atoms with Gasteiger partial charge in [0.1, 0.15) is 0 Å². The average molecular weight is 265 g/mol. The lowest BCUT2D eigenvalue weighted by molar-refractivity contribution is -0.136. The molecule has 1 aromatic heterocycles. The second kappa shape index (κ2) is 5.64. The molecule has 0 bridgehead atoms. The molecule has 0 aliphatic heterocycles. The molecule has 1 N–H and O–H groups in total. The van der Waals surface area contributed by atoms with E-state index in [-0.39, 0.29) is 18.5 Å². The Hall–Kier alpha value is -1.18. The van der Waals surface area contributed by atoms with Gasteiger partial charge in [0.05, 0.1) is 6.54 Å². The number of hydrogen-bond acceptors (Lipinski definition) is 4. The molecular weight excluding hydrogens is 247 g/mol. The Kier molecular flexibility index (Phi) is 4.66. The van der Waals surface area contributed by atoms with Crippen LogP contribution in [0.25, 0.3) is 0 Å². The molecule has 104 valence electrons. The highest BCUT2D eigenvalue weighted by Gasteiger charge is 2.26. The lowest BCUT2D eigenvalue weighted by Crippen LogP contribution is -2.36. The maximum Gasteiger partial charge on any atom is 0.389 e. The second-order valence-electron chi connectivity index (χ2n) is 5.14. The Balaban J connectivity index is 2.45. The molecule has 5 nitrogen and oxygen atoms in total. The summed E-state index contributed by atoms with van der Waals surface area (Å²) in [4.78, 5) is 0. The van der Waals surface area contributed by atoms with E-state index in [9.17, 15) is 13.2 Å². The molecule has 0 saturated heterocycles. The third-order valence-corrected chi connectivity index (χ3v) is 2.21. The zero-order valence-corrected chi connectivity index (χ0v) is 10.8. The number of aryl methyl sites for hydroxylation is 1. The summed E-state index contributed by atoms with van der Waals surface area (Å²) in [5.41, 5.74) is -0.0945. The maximum absolute atomic E-state index is 12.0. The fourth-order valence-corrected chi connectivity index (χ4v) is 1.30. The minimum absolute atomic E-state index is 0.0168. The van der Waals surface area contributed by atoms with Crippen LogP contribution in [-0.2, 0) is 13.1 Å². The molecule has 1 aromatic rings. The van der Waals surface area contributed by atoms with Gasteiger partial charge in [-0.25, -0.2) is 4.68 Å². The Labute approximate surface area is 104 Å². The van der Waals surface area contributed by atoms with Crippen LogP contribution in [0.5, 0.6) is 0 Å². The third-order valence-electron chi connectivity index (χ3n) is 2.21. The van der Waals surface area contributed by atoms with Crippen molar-refractivity contribution in [1.82, 2.24) is 25.5 Å². The normalized spacial score (nSPS) is 13.0. The summed E-state index contributed by atoms with van der Waals surface area (Å²) in [6.07, 6.45) is -4.96. The number of rotatable bonds is 5. The SMILES string of the molecule is CC(C)(C)NCc1nnnn1CCCC(F)(F)F. The van der Waals surface area contributed by atoms with Crippen LogP contribution < -0.4 is 5.32 Å². The van der Waals surface area contributed by atoms with Gasteiger partial charge in [-0.15, -0.1) is 5.10 Å². The first-order chi connectivity index (χ1) is 8.17. The Morgan fingerprint density at radius 3 is 2.44 bits per heavy atom. The fraction of sp³-hybridized carbons (Fsp3) is 0.900. The van der Waals surface area contributed by atoms with Gasteiger partial charge in [0.25, 0.3) is 0 Å². The summed E-state index contributed by atoms with van der Waals surface area (Å²) in [6.45, 7) is 6.58.